The summed E-state index contributed by atoms with van der Waals surface area (Å²) >= 11 is 0. The third-order valence-corrected chi connectivity index (χ3v) is 3.53. The molecule has 0 fully saturated rings. The summed E-state index contributed by atoms with van der Waals surface area (Å²) in [5.74, 6) is 0.893. The maximum atomic E-state index is 9.22. The zero-order valence-corrected chi connectivity index (χ0v) is 14.4. The first-order chi connectivity index (χ1) is 9.11. The van der Waals surface area contributed by atoms with Crippen LogP contribution in [0.25, 0.3) is 0 Å². The molecule has 0 saturated carbocycles. The van der Waals surface area contributed by atoms with Crippen molar-refractivity contribution in [1.82, 2.24) is 0 Å². The Bertz CT molecular complexity index is 339. The molecule has 0 rings (SSSR count). The number of unbranched alkanes of at least 4 members (excludes halogenated alkanes) is 1. The first-order valence-electron chi connectivity index (χ1n) is 7.06. The maximum absolute atomic E-state index is 9.22. The fourth-order valence-electron chi connectivity index (χ4n) is 2.04. The largest absolute Gasteiger partial charge is 0.726 e. The summed E-state index contributed by atoms with van der Waals surface area (Å²) in [5, 5.41) is 0. The van der Waals surface area contributed by atoms with Crippen LogP contribution in [0.4, 0.5) is 0 Å². The molecule has 6 heteroatoms. The quantitative estimate of drug-likeness (QED) is 0.284. The van der Waals surface area contributed by atoms with Crippen LogP contribution in [0.3, 0.4) is 0 Å². The van der Waals surface area contributed by atoms with Gasteiger partial charge in [-0.05, 0) is 18.9 Å². The number of nitrogens with zero attached hydrogens (tertiary/aromatic N) is 1. The highest BCUT2D eigenvalue weighted by molar-refractivity contribution is 7.80. The van der Waals surface area contributed by atoms with Gasteiger partial charge in [0.1, 0.15) is 0 Å². The monoisotopic (exact) mass is 309 g/mol. The summed E-state index contributed by atoms with van der Waals surface area (Å²) in [6.07, 6.45) is 7.45. The minimum absolute atomic E-state index is 0.808. The van der Waals surface area contributed by atoms with Gasteiger partial charge in [0.25, 0.3) is 0 Å². The molecular formula is C14H31NO4S. The van der Waals surface area contributed by atoms with E-state index in [1.807, 2.05) is 6.08 Å². The zero-order chi connectivity index (χ0) is 16.2. The average Bonchev–Trinajstić information content (AvgIpc) is 2.34. The van der Waals surface area contributed by atoms with Crippen LogP contribution < -0.4 is 0 Å². The van der Waals surface area contributed by atoms with E-state index in [1.54, 1.807) is 0 Å². The van der Waals surface area contributed by atoms with E-state index in [-0.39, 0.29) is 0 Å². The van der Waals surface area contributed by atoms with E-state index in [2.05, 4.69) is 38.7 Å². The lowest BCUT2D eigenvalue weighted by atomic mass is 9.98. The van der Waals surface area contributed by atoms with Crippen LogP contribution in [-0.2, 0) is 14.6 Å². The molecule has 0 aliphatic rings. The van der Waals surface area contributed by atoms with Crippen molar-refractivity contribution in [2.24, 2.45) is 5.92 Å². The van der Waals surface area contributed by atoms with Crippen molar-refractivity contribution in [1.29, 1.82) is 0 Å². The van der Waals surface area contributed by atoms with Crippen molar-refractivity contribution in [2.75, 3.05) is 34.3 Å². The van der Waals surface area contributed by atoms with E-state index in [9.17, 15) is 13.0 Å². The molecule has 0 saturated heterocycles. The first-order valence-corrected chi connectivity index (χ1v) is 8.39. The lowest BCUT2D eigenvalue weighted by Crippen LogP contribution is -2.43. The van der Waals surface area contributed by atoms with Crippen molar-refractivity contribution < 1.29 is 21.6 Å². The lowest BCUT2D eigenvalue weighted by molar-refractivity contribution is -0.888. The van der Waals surface area contributed by atoms with Gasteiger partial charge in [-0.25, -0.2) is 8.42 Å². The second kappa shape index (κ2) is 11.3. The minimum Gasteiger partial charge on any atom is -0.726 e. The fraction of sp³-hybridized carbons (Fsp3) is 0.857. The first kappa shape index (κ1) is 21.9. The van der Waals surface area contributed by atoms with Crippen molar-refractivity contribution in [3.63, 3.8) is 0 Å². The molecule has 0 radical (unpaired) electrons. The highest BCUT2D eigenvalue weighted by atomic mass is 32.3. The van der Waals surface area contributed by atoms with Crippen molar-refractivity contribution in [3.8, 4) is 0 Å². The summed E-state index contributed by atoms with van der Waals surface area (Å²) < 4.78 is 32.1. The summed E-state index contributed by atoms with van der Waals surface area (Å²) in [7, 11) is 1.000. The lowest BCUT2D eigenvalue weighted by Gasteiger charge is -2.32. The van der Waals surface area contributed by atoms with E-state index >= 15 is 0 Å². The van der Waals surface area contributed by atoms with Crippen molar-refractivity contribution in [2.45, 2.75) is 39.5 Å². The van der Waals surface area contributed by atoms with Gasteiger partial charge in [0.2, 0.25) is 10.4 Å². The smallest absolute Gasteiger partial charge is 0.217 e. The van der Waals surface area contributed by atoms with Crippen LogP contribution in [0, 0.1) is 5.92 Å². The van der Waals surface area contributed by atoms with Gasteiger partial charge >= 0.3 is 0 Å². The molecule has 5 nitrogen and oxygen atoms in total. The average molecular weight is 309 g/mol. The maximum Gasteiger partial charge on any atom is 0.217 e. The molecule has 20 heavy (non-hydrogen) atoms. The van der Waals surface area contributed by atoms with Crippen molar-refractivity contribution in [3.05, 3.63) is 12.7 Å². The van der Waals surface area contributed by atoms with Gasteiger partial charge in [0.15, 0.2) is 0 Å². The number of hydrogen-bond acceptors (Lipinski definition) is 4. The molecule has 0 aromatic heterocycles. The predicted molar refractivity (Wildman–Crippen MR) is 82.1 cm³/mol. The highest BCUT2D eigenvalue weighted by Crippen LogP contribution is 2.16. The normalized spacial score (nSPS) is 13.3. The molecule has 0 aromatic carbocycles. The van der Waals surface area contributed by atoms with Crippen LogP contribution in [-0.4, -0.2) is 51.7 Å². The van der Waals surface area contributed by atoms with Gasteiger partial charge in [-0.1, -0.05) is 33.3 Å². The summed E-state index contributed by atoms with van der Waals surface area (Å²) in [5.41, 5.74) is 0. The molecule has 0 aromatic rings. The highest BCUT2D eigenvalue weighted by Gasteiger charge is 2.18. The topological polar surface area (TPSA) is 66.4 Å². The number of quaternary nitrogens is 1. The third-order valence-electron chi connectivity index (χ3n) is 3.12. The molecule has 1 unspecified atom stereocenters. The Hall–Kier alpha value is -0.430. The van der Waals surface area contributed by atoms with Gasteiger partial charge in [0.05, 0.1) is 34.3 Å². The fourth-order valence-corrected chi connectivity index (χ4v) is 2.04. The molecular weight excluding hydrogens is 278 g/mol. The Morgan fingerprint density at radius 1 is 1.35 bits per heavy atom. The Labute approximate surface area is 125 Å². The van der Waals surface area contributed by atoms with E-state index in [0.29, 0.717) is 0 Å². The van der Waals surface area contributed by atoms with Crippen molar-refractivity contribution >= 4 is 10.4 Å². The summed E-state index contributed by atoms with van der Waals surface area (Å²) in [6.45, 7) is 10.8. The van der Waals surface area contributed by atoms with E-state index in [4.69, 9.17) is 0 Å². The molecule has 0 bridgehead atoms. The minimum atomic E-state index is -4.41. The van der Waals surface area contributed by atoms with E-state index in [1.165, 1.54) is 32.2 Å². The Morgan fingerprint density at radius 3 is 2.15 bits per heavy atom. The Morgan fingerprint density at radius 2 is 1.85 bits per heavy atom. The van der Waals surface area contributed by atoms with Gasteiger partial charge < -0.3 is 9.04 Å². The number of rotatable bonds is 9. The van der Waals surface area contributed by atoms with Crippen LogP contribution in [0.5, 0.6) is 0 Å². The molecule has 0 N–H and O–H groups in total. The molecule has 1 atom stereocenters. The molecule has 0 aliphatic carbocycles. The van der Waals surface area contributed by atoms with Crippen LogP contribution in [0.15, 0.2) is 12.7 Å². The Balaban J connectivity index is 0. The van der Waals surface area contributed by atoms with Crippen LogP contribution >= 0.6 is 0 Å². The van der Waals surface area contributed by atoms with Crippen LogP contribution in [0.2, 0.25) is 0 Å². The molecule has 0 spiro atoms. The predicted octanol–water partition coefficient (Wildman–Crippen LogP) is 2.56. The SMILES string of the molecule is C=CC[N+](C)(C)CC(CC)CCCC.COS(=O)(=O)[O-]. The second-order valence-corrected chi connectivity index (χ2v) is 6.73. The Kier molecular flexibility index (Phi) is 12.3. The van der Waals surface area contributed by atoms with E-state index in [0.717, 1.165) is 24.1 Å². The van der Waals surface area contributed by atoms with Gasteiger partial charge in [-0.2, -0.15) is 0 Å². The standard InChI is InChI=1S/C13H28N.CH4O4S/c1-6-9-10-13(8-3)12-14(4,5)11-7-2;1-5-6(2,3)4/h7,13H,2,6,8-12H2,1,3-5H3;1H3,(H,2,3,4)/q+1;/p-1. The van der Waals surface area contributed by atoms with Gasteiger partial charge in [0, 0.05) is 5.92 Å². The number of hydrogen-bond donors (Lipinski definition) is 0. The van der Waals surface area contributed by atoms with Crippen LogP contribution in [0.1, 0.15) is 39.5 Å². The molecule has 0 aliphatic heterocycles. The summed E-state index contributed by atoms with van der Waals surface area (Å²) in [6, 6.07) is 0. The summed E-state index contributed by atoms with van der Waals surface area (Å²) in [4.78, 5) is 0. The molecule has 0 amide bonds. The van der Waals surface area contributed by atoms with E-state index < -0.39 is 10.4 Å². The second-order valence-electron chi connectivity index (χ2n) is 5.58. The van der Waals surface area contributed by atoms with Gasteiger partial charge in [-0.15, -0.1) is 0 Å². The third kappa shape index (κ3) is 15.6. The molecule has 0 heterocycles. The molecule has 122 valence electrons. The van der Waals surface area contributed by atoms with Gasteiger partial charge in [-0.3, -0.25) is 4.18 Å². The number of likely N-dealkylation sites (N-methyl/N-ethyl adjacent to an activating group) is 1. The zero-order valence-electron chi connectivity index (χ0n) is 13.6.